The summed E-state index contributed by atoms with van der Waals surface area (Å²) < 4.78 is 15.9. The Morgan fingerprint density at radius 2 is 1.57 bits per heavy atom. The van der Waals surface area contributed by atoms with Crippen molar-refractivity contribution in [2.75, 3.05) is 0 Å². The quantitative estimate of drug-likeness (QED) is 0.326. The highest BCUT2D eigenvalue weighted by molar-refractivity contribution is 5.82. The Morgan fingerprint density at radius 3 is 2.20 bits per heavy atom. The number of hydrogen-bond donors (Lipinski definition) is 1. The van der Waals surface area contributed by atoms with Crippen LogP contribution in [0.25, 0.3) is 16.9 Å². The molecule has 0 saturated carbocycles. The number of halogens is 1. The normalized spacial score (nSPS) is 11.2. The summed E-state index contributed by atoms with van der Waals surface area (Å²) in [6.45, 7) is 3.74. The van der Waals surface area contributed by atoms with Gasteiger partial charge in [0, 0.05) is 11.8 Å². The van der Waals surface area contributed by atoms with E-state index in [2.05, 4.69) is 5.32 Å². The molecular weight excluding hydrogens is 437 g/mol. The second-order valence-corrected chi connectivity index (χ2v) is 8.80. The van der Waals surface area contributed by atoms with Gasteiger partial charge < -0.3 is 9.72 Å². The first-order valence-corrected chi connectivity index (χ1v) is 11.6. The molecule has 0 atom stereocenters. The fourth-order valence-electron chi connectivity index (χ4n) is 4.41. The van der Waals surface area contributed by atoms with Gasteiger partial charge in [0.25, 0.3) is 0 Å². The minimum Gasteiger partial charge on any atom is -0.345 e. The van der Waals surface area contributed by atoms with Crippen molar-refractivity contribution >= 4 is 11.6 Å². The second-order valence-electron chi connectivity index (χ2n) is 8.80. The molecule has 2 aromatic heterocycles. The number of amides is 1. The van der Waals surface area contributed by atoms with E-state index in [4.69, 9.17) is 4.98 Å². The van der Waals surface area contributed by atoms with Crippen molar-refractivity contribution < 1.29 is 9.18 Å². The Balaban J connectivity index is 1.53. The first-order valence-electron chi connectivity index (χ1n) is 11.6. The lowest BCUT2D eigenvalue weighted by atomic mass is 9.98. The summed E-state index contributed by atoms with van der Waals surface area (Å²) in [6.07, 6.45) is 2.11. The SMILES string of the molecule is Cc1ccc2nc(-c3ccc(F)c(C)c3)c(CC(=O)NC(c3ccccc3)c3ccccc3)n2c1. The number of carbonyl (C=O) groups excluding carboxylic acids is 1. The summed E-state index contributed by atoms with van der Waals surface area (Å²) in [5.74, 6) is -0.382. The van der Waals surface area contributed by atoms with Crippen LogP contribution in [0.5, 0.6) is 0 Å². The van der Waals surface area contributed by atoms with E-state index in [-0.39, 0.29) is 24.2 Å². The van der Waals surface area contributed by atoms with Crippen LogP contribution in [0, 0.1) is 19.7 Å². The summed E-state index contributed by atoms with van der Waals surface area (Å²) in [5, 5.41) is 3.23. The van der Waals surface area contributed by atoms with Gasteiger partial charge in [-0.15, -0.1) is 0 Å². The van der Waals surface area contributed by atoms with Gasteiger partial charge in [-0.05, 0) is 60.4 Å². The van der Waals surface area contributed by atoms with Crippen LogP contribution in [0.2, 0.25) is 0 Å². The molecular formula is C30H26FN3O. The summed E-state index contributed by atoms with van der Waals surface area (Å²) in [5.41, 5.74) is 6.61. The van der Waals surface area contributed by atoms with Crippen molar-refractivity contribution in [1.82, 2.24) is 14.7 Å². The molecule has 0 aliphatic carbocycles. The van der Waals surface area contributed by atoms with Crippen LogP contribution >= 0.6 is 0 Å². The molecule has 0 radical (unpaired) electrons. The van der Waals surface area contributed by atoms with Crippen LogP contribution in [-0.4, -0.2) is 15.3 Å². The molecule has 3 aromatic carbocycles. The highest BCUT2D eigenvalue weighted by atomic mass is 19.1. The smallest absolute Gasteiger partial charge is 0.226 e. The molecule has 174 valence electrons. The van der Waals surface area contributed by atoms with Gasteiger partial charge in [-0.1, -0.05) is 66.7 Å². The van der Waals surface area contributed by atoms with Gasteiger partial charge in [-0.25, -0.2) is 9.37 Å². The first kappa shape index (κ1) is 22.5. The Hall–Kier alpha value is -4.25. The van der Waals surface area contributed by atoms with E-state index in [1.165, 1.54) is 6.07 Å². The van der Waals surface area contributed by atoms with Gasteiger partial charge in [-0.2, -0.15) is 0 Å². The number of pyridine rings is 1. The Kier molecular flexibility index (Phi) is 6.15. The summed E-state index contributed by atoms with van der Waals surface area (Å²) >= 11 is 0. The molecule has 0 saturated heterocycles. The minimum atomic E-state index is -0.276. The molecule has 0 bridgehead atoms. The second kappa shape index (κ2) is 9.55. The van der Waals surface area contributed by atoms with Gasteiger partial charge >= 0.3 is 0 Å². The lowest BCUT2D eigenvalue weighted by Gasteiger charge is -2.20. The predicted octanol–water partition coefficient (Wildman–Crippen LogP) is 6.21. The molecule has 0 fully saturated rings. The summed E-state index contributed by atoms with van der Waals surface area (Å²) in [7, 11) is 0. The van der Waals surface area contributed by atoms with Crippen LogP contribution in [0.1, 0.15) is 34.0 Å². The minimum absolute atomic E-state index is 0.119. The average molecular weight is 464 g/mol. The zero-order chi connectivity index (χ0) is 24.4. The van der Waals surface area contributed by atoms with Crippen molar-refractivity contribution in [2.45, 2.75) is 26.3 Å². The topological polar surface area (TPSA) is 46.4 Å². The fraction of sp³-hybridized carbons (Fsp3) is 0.133. The summed E-state index contributed by atoms with van der Waals surface area (Å²) in [4.78, 5) is 18.3. The first-order chi connectivity index (χ1) is 17.0. The fourth-order valence-corrected chi connectivity index (χ4v) is 4.41. The lowest BCUT2D eigenvalue weighted by molar-refractivity contribution is -0.121. The van der Waals surface area contributed by atoms with Gasteiger partial charge in [0.1, 0.15) is 11.5 Å². The molecule has 0 aliphatic heterocycles. The maximum absolute atomic E-state index is 14.0. The highest BCUT2D eigenvalue weighted by Crippen LogP contribution is 2.28. The van der Waals surface area contributed by atoms with Crippen molar-refractivity contribution in [3.05, 3.63) is 131 Å². The van der Waals surface area contributed by atoms with Gasteiger partial charge in [-0.3, -0.25) is 4.79 Å². The molecule has 0 unspecified atom stereocenters. The van der Waals surface area contributed by atoms with Crippen molar-refractivity contribution in [2.24, 2.45) is 0 Å². The highest BCUT2D eigenvalue weighted by Gasteiger charge is 2.21. The largest absolute Gasteiger partial charge is 0.345 e. The number of imidazole rings is 1. The van der Waals surface area contributed by atoms with Crippen molar-refractivity contribution in [3.8, 4) is 11.3 Å². The van der Waals surface area contributed by atoms with E-state index in [0.717, 1.165) is 33.6 Å². The third-order valence-electron chi connectivity index (χ3n) is 6.20. The van der Waals surface area contributed by atoms with Crippen LogP contribution in [0.4, 0.5) is 4.39 Å². The molecule has 1 amide bonds. The average Bonchev–Trinajstić information content (AvgIpc) is 3.22. The molecule has 0 spiro atoms. The van der Waals surface area contributed by atoms with Gasteiger partial charge in [0.15, 0.2) is 0 Å². The molecule has 1 N–H and O–H groups in total. The zero-order valence-corrected chi connectivity index (χ0v) is 19.7. The lowest BCUT2D eigenvalue weighted by Crippen LogP contribution is -2.31. The van der Waals surface area contributed by atoms with Crippen LogP contribution in [-0.2, 0) is 11.2 Å². The van der Waals surface area contributed by atoms with E-state index in [1.54, 1.807) is 19.1 Å². The standard InChI is InChI=1S/C30H26FN3O/c1-20-13-16-27-32-30(24-14-15-25(31)21(2)17-24)26(34(27)19-20)18-28(35)33-29(22-9-5-3-6-10-22)23-11-7-4-8-12-23/h3-17,19,29H,18H2,1-2H3,(H,33,35). The maximum atomic E-state index is 14.0. The Bertz CT molecular complexity index is 1450. The number of hydrogen-bond acceptors (Lipinski definition) is 2. The van der Waals surface area contributed by atoms with E-state index in [0.29, 0.717) is 11.3 Å². The zero-order valence-electron chi connectivity index (χ0n) is 19.7. The molecule has 35 heavy (non-hydrogen) atoms. The summed E-state index contributed by atoms with van der Waals surface area (Å²) in [6, 6.07) is 28.5. The van der Waals surface area contributed by atoms with E-state index in [9.17, 15) is 9.18 Å². The van der Waals surface area contributed by atoms with Gasteiger partial charge in [0.05, 0.1) is 23.9 Å². The van der Waals surface area contributed by atoms with E-state index in [1.807, 2.05) is 90.3 Å². The van der Waals surface area contributed by atoms with Crippen LogP contribution in [0.15, 0.2) is 97.2 Å². The third-order valence-corrected chi connectivity index (χ3v) is 6.20. The number of nitrogens with one attached hydrogen (secondary N) is 1. The predicted molar refractivity (Wildman–Crippen MR) is 137 cm³/mol. The number of aryl methyl sites for hydroxylation is 2. The third kappa shape index (κ3) is 4.71. The molecule has 0 aliphatic rings. The number of nitrogens with zero attached hydrogens (tertiary/aromatic N) is 2. The number of benzene rings is 3. The molecule has 5 heteroatoms. The Labute approximate surface area is 204 Å². The number of rotatable bonds is 6. The van der Waals surface area contributed by atoms with Crippen molar-refractivity contribution in [1.29, 1.82) is 0 Å². The number of fused-ring (bicyclic) bond motifs is 1. The van der Waals surface area contributed by atoms with Gasteiger partial charge in [0.2, 0.25) is 5.91 Å². The molecule has 2 heterocycles. The van der Waals surface area contributed by atoms with Crippen LogP contribution < -0.4 is 5.32 Å². The molecule has 5 rings (SSSR count). The monoisotopic (exact) mass is 463 g/mol. The Morgan fingerprint density at radius 1 is 0.914 bits per heavy atom. The van der Waals surface area contributed by atoms with E-state index >= 15 is 0 Å². The number of carbonyl (C=O) groups is 1. The molecule has 5 aromatic rings. The maximum Gasteiger partial charge on any atom is 0.226 e. The van der Waals surface area contributed by atoms with Crippen molar-refractivity contribution in [3.63, 3.8) is 0 Å². The number of aromatic nitrogens is 2. The molecule has 4 nitrogen and oxygen atoms in total. The van der Waals surface area contributed by atoms with Crippen LogP contribution in [0.3, 0.4) is 0 Å². The van der Waals surface area contributed by atoms with E-state index < -0.39 is 0 Å².